The van der Waals surface area contributed by atoms with Crippen LogP contribution in [-0.2, 0) is 28.9 Å². The molecule has 0 aliphatic rings. The lowest BCUT2D eigenvalue weighted by atomic mass is 10.2. The van der Waals surface area contributed by atoms with Gasteiger partial charge in [0.15, 0.2) is 5.76 Å². The number of rotatable bonds is 7. The lowest BCUT2D eigenvalue weighted by Gasteiger charge is -2.04. The van der Waals surface area contributed by atoms with Crippen LogP contribution >= 0.6 is 27.5 Å². The van der Waals surface area contributed by atoms with Crippen molar-refractivity contribution in [3.63, 3.8) is 0 Å². The average Bonchev–Trinajstić information content (AvgIpc) is 3.10. The van der Waals surface area contributed by atoms with Gasteiger partial charge < -0.3 is 9.73 Å². The van der Waals surface area contributed by atoms with Crippen molar-refractivity contribution in [2.24, 2.45) is 0 Å². The molecular weight excluding hydrogens is 450 g/mol. The fourth-order valence-corrected chi connectivity index (χ4v) is 4.39. The van der Waals surface area contributed by atoms with Gasteiger partial charge in [-0.15, -0.1) is 0 Å². The Labute approximate surface area is 173 Å². The number of hydrogen-bond acceptors (Lipinski definition) is 3. The predicted molar refractivity (Wildman–Crippen MR) is 111 cm³/mol. The fraction of sp³-hybridized carbons (Fsp3) is 0.150. The summed E-state index contributed by atoms with van der Waals surface area (Å²) >= 11 is 9.50. The molecule has 2 aromatic carbocycles. The minimum atomic E-state index is -1.18. The topological polar surface area (TPSA) is 59.3 Å². The lowest BCUT2D eigenvalue weighted by Crippen LogP contribution is -2.22. The largest absolute Gasteiger partial charge is 0.455 e. The molecule has 1 N–H and O–H groups in total. The zero-order valence-electron chi connectivity index (χ0n) is 14.3. The van der Waals surface area contributed by atoms with Crippen LogP contribution in [0.2, 0.25) is 5.02 Å². The Morgan fingerprint density at radius 1 is 1.07 bits per heavy atom. The SMILES string of the molecule is O=C(NCc1cccc(Br)c1)c1ccc(C[S@](=O)Cc2ccccc2Cl)o1. The van der Waals surface area contributed by atoms with Crippen molar-refractivity contribution in [3.05, 3.63) is 92.8 Å². The quantitative estimate of drug-likeness (QED) is 0.528. The van der Waals surface area contributed by atoms with Crippen LogP contribution in [0.5, 0.6) is 0 Å². The molecule has 0 fully saturated rings. The Morgan fingerprint density at radius 2 is 1.89 bits per heavy atom. The number of benzene rings is 2. The van der Waals surface area contributed by atoms with E-state index in [1.165, 1.54) is 0 Å². The molecule has 0 aliphatic carbocycles. The van der Waals surface area contributed by atoms with Gasteiger partial charge in [0.1, 0.15) is 5.76 Å². The van der Waals surface area contributed by atoms with E-state index >= 15 is 0 Å². The van der Waals surface area contributed by atoms with Crippen molar-refractivity contribution in [3.8, 4) is 0 Å². The first-order valence-corrected chi connectivity index (χ1v) is 10.9. The van der Waals surface area contributed by atoms with Gasteiger partial charge >= 0.3 is 0 Å². The standard InChI is InChI=1S/C20H17BrClNO3S/c21-16-6-3-4-14(10-16)11-23-20(24)19-9-8-17(26-19)13-27(25)12-15-5-1-2-7-18(15)22/h1-10H,11-13H2,(H,23,24)/t27-/m1/s1. The van der Waals surface area contributed by atoms with Crippen LogP contribution in [0, 0.1) is 0 Å². The lowest BCUT2D eigenvalue weighted by molar-refractivity contribution is 0.0921. The molecule has 0 spiro atoms. The van der Waals surface area contributed by atoms with Crippen molar-refractivity contribution in [1.29, 1.82) is 0 Å². The Balaban J connectivity index is 1.55. The van der Waals surface area contributed by atoms with Crippen LogP contribution in [-0.4, -0.2) is 10.1 Å². The highest BCUT2D eigenvalue weighted by atomic mass is 79.9. The molecule has 0 aliphatic heterocycles. The first-order valence-electron chi connectivity index (χ1n) is 8.21. The van der Waals surface area contributed by atoms with Crippen molar-refractivity contribution < 1.29 is 13.4 Å². The van der Waals surface area contributed by atoms with E-state index in [1.807, 2.05) is 42.5 Å². The fourth-order valence-electron chi connectivity index (χ4n) is 2.49. The van der Waals surface area contributed by atoms with Crippen LogP contribution in [0.1, 0.15) is 27.4 Å². The predicted octanol–water partition coefficient (Wildman–Crippen LogP) is 5.07. The van der Waals surface area contributed by atoms with Gasteiger partial charge in [0.05, 0.1) is 11.5 Å². The molecule has 3 aromatic rings. The van der Waals surface area contributed by atoms with E-state index in [0.717, 1.165) is 15.6 Å². The highest BCUT2D eigenvalue weighted by Gasteiger charge is 2.13. The number of carbonyl (C=O) groups excluding carboxylic acids is 1. The third kappa shape index (κ3) is 5.79. The summed E-state index contributed by atoms with van der Waals surface area (Å²) in [6, 6.07) is 18.3. The molecule has 1 amide bonds. The van der Waals surface area contributed by atoms with Crippen molar-refractivity contribution in [2.45, 2.75) is 18.1 Å². The first kappa shape index (κ1) is 19.9. The minimum Gasteiger partial charge on any atom is -0.455 e. The molecule has 0 bridgehead atoms. The highest BCUT2D eigenvalue weighted by molar-refractivity contribution is 9.10. The smallest absolute Gasteiger partial charge is 0.287 e. The third-order valence-corrected chi connectivity index (χ3v) is 5.91. The van der Waals surface area contributed by atoms with Gasteiger partial charge in [-0.05, 0) is 41.5 Å². The third-order valence-electron chi connectivity index (χ3n) is 3.81. The summed E-state index contributed by atoms with van der Waals surface area (Å²) in [6.45, 7) is 0.396. The van der Waals surface area contributed by atoms with Crippen LogP contribution in [0.15, 0.2) is 69.6 Å². The monoisotopic (exact) mass is 465 g/mol. The second-order valence-corrected chi connectivity index (χ2v) is 8.68. The second-order valence-electron chi connectivity index (χ2n) is 5.90. The summed E-state index contributed by atoms with van der Waals surface area (Å²) in [4.78, 5) is 12.2. The number of amides is 1. The molecular formula is C20H17BrClNO3S. The zero-order valence-corrected chi connectivity index (χ0v) is 17.4. The summed E-state index contributed by atoms with van der Waals surface area (Å²) in [5.74, 6) is 0.968. The molecule has 0 radical (unpaired) electrons. The molecule has 27 heavy (non-hydrogen) atoms. The van der Waals surface area contributed by atoms with Gasteiger partial charge in [0.2, 0.25) is 0 Å². The van der Waals surface area contributed by atoms with E-state index in [1.54, 1.807) is 18.2 Å². The molecule has 140 valence electrons. The number of nitrogens with one attached hydrogen (secondary N) is 1. The van der Waals surface area contributed by atoms with E-state index in [-0.39, 0.29) is 17.4 Å². The summed E-state index contributed by atoms with van der Waals surface area (Å²) in [6.07, 6.45) is 0. The Bertz CT molecular complexity index is 973. The molecule has 7 heteroatoms. The summed E-state index contributed by atoms with van der Waals surface area (Å²) < 4.78 is 18.8. The van der Waals surface area contributed by atoms with Crippen molar-refractivity contribution in [1.82, 2.24) is 5.32 Å². The zero-order chi connectivity index (χ0) is 19.2. The van der Waals surface area contributed by atoms with Gasteiger partial charge in [0.25, 0.3) is 5.91 Å². The maximum atomic E-state index is 12.3. The first-order chi connectivity index (χ1) is 13.0. The molecule has 0 saturated heterocycles. The van der Waals surface area contributed by atoms with E-state index < -0.39 is 10.8 Å². The molecule has 3 rings (SSSR count). The van der Waals surface area contributed by atoms with Gasteiger partial charge in [-0.25, -0.2) is 0 Å². The minimum absolute atomic E-state index is 0.203. The van der Waals surface area contributed by atoms with Gasteiger partial charge in [0, 0.05) is 26.8 Å². The molecule has 1 aromatic heterocycles. The maximum absolute atomic E-state index is 12.3. The van der Waals surface area contributed by atoms with E-state index in [4.69, 9.17) is 16.0 Å². The number of furan rings is 1. The summed E-state index contributed by atoms with van der Waals surface area (Å²) in [7, 11) is -1.18. The molecule has 0 saturated carbocycles. The Hall–Kier alpha value is -1.89. The van der Waals surface area contributed by atoms with Crippen LogP contribution in [0.25, 0.3) is 0 Å². The van der Waals surface area contributed by atoms with Crippen LogP contribution < -0.4 is 5.32 Å². The highest BCUT2D eigenvalue weighted by Crippen LogP contribution is 2.19. The van der Waals surface area contributed by atoms with Crippen molar-refractivity contribution >= 4 is 44.2 Å². The average molecular weight is 467 g/mol. The molecule has 1 heterocycles. The van der Waals surface area contributed by atoms with Crippen molar-refractivity contribution in [2.75, 3.05) is 0 Å². The molecule has 4 nitrogen and oxygen atoms in total. The van der Waals surface area contributed by atoms with E-state index in [9.17, 15) is 9.00 Å². The van der Waals surface area contributed by atoms with E-state index in [0.29, 0.717) is 23.1 Å². The van der Waals surface area contributed by atoms with Gasteiger partial charge in [-0.1, -0.05) is 57.9 Å². The van der Waals surface area contributed by atoms with Crippen LogP contribution in [0.3, 0.4) is 0 Å². The summed E-state index contributed by atoms with van der Waals surface area (Å²) in [5, 5.41) is 3.40. The normalized spacial score (nSPS) is 11.9. The summed E-state index contributed by atoms with van der Waals surface area (Å²) in [5.41, 5.74) is 1.81. The number of hydrogen-bond donors (Lipinski definition) is 1. The maximum Gasteiger partial charge on any atom is 0.287 e. The van der Waals surface area contributed by atoms with Crippen LogP contribution in [0.4, 0.5) is 0 Å². The Morgan fingerprint density at radius 3 is 2.67 bits per heavy atom. The number of carbonyl (C=O) groups is 1. The molecule has 0 unspecified atom stereocenters. The second kappa shape index (κ2) is 9.35. The van der Waals surface area contributed by atoms with E-state index in [2.05, 4.69) is 21.2 Å². The molecule has 1 atom stereocenters. The van der Waals surface area contributed by atoms with Gasteiger partial charge in [-0.3, -0.25) is 9.00 Å². The number of halogens is 2. The van der Waals surface area contributed by atoms with Gasteiger partial charge in [-0.2, -0.15) is 0 Å². The Kier molecular flexibility index (Phi) is 6.88.